The van der Waals surface area contributed by atoms with Crippen LogP contribution in [0.25, 0.3) is 0 Å². The average molecular weight is 270 g/mol. The molecule has 0 bridgehead atoms. The largest absolute Gasteiger partial charge is 0.469 e. The van der Waals surface area contributed by atoms with E-state index in [9.17, 15) is 14.4 Å². The number of amides is 2. The molecule has 0 unspecified atom stereocenters. The zero-order valence-electron chi connectivity index (χ0n) is 11.5. The molecule has 0 aromatic heterocycles. The first-order valence-electron chi connectivity index (χ1n) is 6.56. The van der Waals surface area contributed by atoms with Crippen LogP contribution in [0, 0.1) is 11.3 Å². The number of carbonyl (C=O) groups excluding carboxylic acids is 3. The zero-order chi connectivity index (χ0) is 14.5. The number of primary amides is 1. The lowest BCUT2D eigenvalue weighted by molar-refractivity contribution is -0.144. The second-order valence-electron chi connectivity index (χ2n) is 5.25. The standard InChI is InChI=1S/C13H22N2O4/c1-9(7-10(16)19-2)11(17)15-8-13(12(14)18)5-3-4-6-13/h9H,3-8H2,1-2H3,(H2,14,18)(H,15,17)/t9-/m0/s1. The summed E-state index contributed by atoms with van der Waals surface area (Å²) in [6.07, 6.45) is 3.38. The molecule has 1 rings (SSSR count). The third-order valence-corrected chi connectivity index (χ3v) is 3.83. The molecule has 0 aliphatic heterocycles. The summed E-state index contributed by atoms with van der Waals surface area (Å²) in [6, 6.07) is 0. The van der Waals surface area contributed by atoms with E-state index in [1.165, 1.54) is 7.11 Å². The fraction of sp³-hybridized carbons (Fsp3) is 0.769. The molecule has 1 saturated carbocycles. The van der Waals surface area contributed by atoms with Gasteiger partial charge >= 0.3 is 5.97 Å². The molecule has 6 heteroatoms. The lowest BCUT2D eigenvalue weighted by Gasteiger charge is -2.26. The molecular weight excluding hydrogens is 248 g/mol. The maximum Gasteiger partial charge on any atom is 0.306 e. The lowest BCUT2D eigenvalue weighted by atomic mass is 9.85. The van der Waals surface area contributed by atoms with Crippen molar-refractivity contribution in [3.63, 3.8) is 0 Å². The van der Waals surface area contributed by atoms with Crippen LogP contribution in [0.2, 0.25) is 0 Å². The second-order valence-corrected chi connectivity index (χ2v) is 5.25. The summed E-state index contributed by atoms with van der Waals surface area (Å²) in [7, 11) is 1.29. The first-order chi connectivity index (χ1) is 8.91. The summed E-state index contributed by atoms with van der Waals surface area (Å²) in [4.78, 5) is 34.5. The van der Waals surface area contributed by atoms with E-state index in [1.54, 1.807) is 6.92 Å². The molecule has 3 N–H and O–H groups in total. The Morgan fingerprint density at radius 3 is 2.37 bits per heavy atom. The molecule has 2 amide bonds. The molecule has 1 atom stereocenters. The fourth-order valence-electron chi connectivity index (χ4n) is 2.42. The van der Waals surface area contributed by atoms with Crippen molar-refractivity contribution in [2.75, 3.05) is 13.7 Å². The maximum atomic E-state index is 11.8. The van der Waals surface area contributed by atoms with Gasteiger partial charge in [0.15, 0.2) is 0 Å². The minimum absolute atomic E-state index is 0.0336. The molecule has 1 aliphatic rings. The summed E-state index contributed by atoms with van der Waals surface area (Å²) in [5, 5.41) is 2.73. The lowest BCUT2D eigenvalue weighted by Crippen LogP contribution is -2.46. The van der Waals surface area contributed by atoms with Crippen LogP contribution >= 0.6 is 0 Å². The van der Waals surface area contributed by atoms with E-state index in [1.807, 2.05) is 0 Å². The van der Waals surface area contributed by atoms with Gasteiger partial charge in [0.1, 0.15) is 0 Å². The number of nitrogens with two attached hydrogens (primary N) is 1. The van der Waals surface area contributed by atoms with Crippen molar-refractivity contribution in [3.8, 4) is 0 Å². The van der Waals surface area contributed by atoms with Crippen molar-refractivity contribution >= 4 is 17.8 Å². The third-order valence-electron chi connectivity index (χ3n) is 3.83. The van der Waals surface area contributed by atoms with E-state index in [0.717, 1.165) is 12.8 Å². The van der Waals surface area contributed by atoms with E-state index in [-0.39, 0.29) is 24.8 Å². The van der Waals surface area contributed by atoms with Crippen molar-refractivity contribution < 1.29 is 19.1 Å². The zero-order valence-corrected chi connectivity index (χ0v) is 11.5. The van der Waals surface area contributed by atoms with Crippen LogP contribution in [0.5, 0.6) is 0 Å². The number of nitrogens with one attached hydrogen (secondary N) is 1. The predicted molar refractivity (Wildman–Crippen MR) is 68.9 cm³/mol. The molecule has 0 saturated heterocycles. The molecule has 0 spiro atoms. The molecule has 0 radical (unpaired) electrons. The Morgan fingerprint density at radius 1 is 1.32 bits per heavy atom. The number of esters is 1. The summed E-state index contributed by atoms with van der Waals surface area (Å²) in [6.45, 7) is 1.91. The number of carbonyl (C=O) groups is 3. The van der Waals surface area contributed by atoms with E-state index in [2.05, 4.69) is 10.1 Å². The van der Waals surface area contributed by atoms with Gasteiger partial charge < -0.3 is 15.8 Å². The first kappa shape index (κ1) is 15.5. The summed E-state index contributed by atoms with van der Waals surface area (Å²) >= 11 is 0. The number of rotatable bonds is 6. The molecule has 0 aromatic carbocycles. The highest BCUT2D eigenvalue weighted by Gasteiger charge is 2.39. The smallest absolute Gasteiger partial charge is 0.306 e. The van der Waals surface area contributed by atoms with Gasteiger partial charge in [-0.2, -0.15) is 0 Å². The Balaban J connectivity index is 2.48. The Bertz CT molecular complexity index is 362. The highest BCUT2D eigenvalue weighted by atomic mass is 16.5. The van der Waals surface area contributed by atoms with Crippen LogP contribution in [0.1, 0.15) is 39.0 Å². The summed E-state index contributed by atoms with van der Waals surface area (Å²) < 4.78 is 4.51. The molecule has 0 heterocycles. The van der Waals surface area contributed by atoms with Crippen molar-refractivity contribution in [1.82, 2.24) is 5.32 Å². The maximum absolute atomic E-state index is 11.8. The van der Waals surface area contributed by atoms with E-state index in [4.69, 9.17) is 5.73 Å². The van der Waals surface area contributed by atoms with Crippen molar-refractivity contribution in [1.29, 1.82) is 0 Å². The van der Waals surface area contributed by atoms with Crippen LogP contribution in [0.4, 0.5) is 0 Å². The summed E-state index contributed by atoms with van der Waals surface area (Å²) in [5.74, 6) is -1.50. The number of hydrogen-bond donors (Lipinski definition) is 2. The van der Waals surface area contributed by atoms with Gasteiger partial charge in [-0.3, -0.25) is 14.4 Å². The Labute approximate surface area is 113 Å². The van der Waals surface area contributed by atoms with Crippen LogP contribution in [0.3, 0.4) is 0 Å². The number of methoxy groups -OCH3 is 1. The molecule has 1 fully saturated rings. The Morgan fingerprint density at radius 2 is 1.89 bits per heavy atom. The van der Waals surface area contributed by atoms with Crippen LogP contribution in [-0.2, 0) is 19.1 Å². The molecule has 6 nitrogen and oxygen atoms in total. The second kappa shape index (κ2) is 6.54. The highest BCUT2D eigenvalue weighted by Crippen LogP contribution is 2.37. The molecule has 0 aromatic rings. The van der Waals surface area contributed by atoms with Gasteiger partial charge in [-0.15, -0.1) is 0 Å². The summed E-state index contributed by atoms with van der Waals surface area (Å²) in [5.41, 5.74) is 4.82. The molecule has 1 aliphatic carbocycles. The van der Waals surface area contributed by atoms with Gasteiger partial charge in [0, 0.05) is 12.5 Å². The van der Waals surface area contributed by atoms with E-state index >= 15 is 0 Å². The van der Waals surface area contributed by atoms with Gasteiger partial charge in [-0.1, -0.05) is 19.8 Å². The van der Waals surface area contributed by atoms with Crippen LogP contribution in [0.15, 0.2) is 0 Å². The number of hydrogen-bond acceptors (Lipinski definition) is 4. The van der Waals surface area contributed by atoms with Crippen LogP contribution < -0.4 is 11.1 Å². The monoisotopic (exact) mass is 270 g/mol. The normalized spacial score (nSPS) is 18.6. The third kappa shape index (κ3) is 3.94. The predicted octanol–water partition coefficient (Wildman–Crippen LogP) is 0.347. The van der Waals surface area contributed by atoms with Crippen LogP contribution in [-0.4, -0.2) is 31.4 Å². The average Bonchev–Trinajstić information content (AvgIpc) is 2.85. The van der Waals surface area contributed by atoms with Gasteiger partial charge in [-0.25, -0.2) is 0 Å². The molecule has 19 heavy (non-hydrogen) atoms. The topological polar surface area (TPSA) is 98.5 Å². The van der Waals surface area contributed by atoms with Gasteiger partial charge in [-0.05, 0) is 12.8 Å². The first-order valence-corrected chi connectivity index (χ1v) is 6.56. The van der Waals surface area contributed by atoms with Gasteiger partial charge in [0.05, 0.1) is 18.9 Å². The van der Waals surface area contributed by atoms with Gasteiger partial charge in [0.2, 0.25) is 11.8 Å². The minimum Gasteiger partial charge on any atom is -0.469 e. The molecule has 108 valence electrons. The van der Waals surface area contributed by atoms with Crippen molar-refractivity contribution in [2.45, 2.75) is 39.0 Å². The fourth-order valence-corrected chi connectivity index (χ4v) is 2.42. The minimum atomic E-state index is -0.610. The van der Waals surface area contributed by atoms with Crippen molar-refractivity contribution in [3.05, 3.63) is 0 Å². The Hall–Kier alpha value is -1.59. The van der Waals surface area contributed by atoms with E-state index < -0.39 is 17.3 Å². The SMILES string of the molecule is COC(=O)C[C@H](C)C(=O)NCC1(C(N)=O)CCCC1. The highest BCUT2D eigenvalue weighted by molar-refractivity contribution is 5.85. The van der Waals surface area contributed by atoms with E-state index in [0.29, 0.717) is 12.8 Å². The van der Waals surface area contributed by atoms with Gasteiger partial charge in [0.25, 0.3) is 0 Å². The Kier molecular flexibility index (Phi) is 5.32. The molecular formula is C13H22N2O4. The number of ether oxygens (including phenoxy) is 1. The quantitative estimate of drug-likeness (QED) is 0.680. The van der Waals surface area contributed by atoms with Crippen molar-refractivity contribution in [2.24, 2.45) is 17.1 Å².